The molecule has 21 heavy (non-hydrogen) atoms. The quantitative estimate of drug-likeness (QED) is 0.823. The summed E-state index contributed by atoms with van der Waals surface area (Å²) in [6, 6.07) is 5.03. The summed E-state index contributed by atoms with van der Waals surface area (Å²) in [5.74, 6) is 0.321. The van der Waals surface area contributed by atoms with Crippen molar-refractivity contribution in [1.29, 1.82) is 0 Å². The number of likely N-dealkylation sites (tertiary alicyclic amines) is 1. The maximum absolute atomic E-state index is 12.1. The Morgan fingerprint density at radius 3 is 3.00 bits per heavy atom. The van der Waals surface area contributed by atoms with Crippen LogP contribution in [0.4, 0.5) is 11.4 Å². The fraction of sp³-hybridized carbons (Fsp3) is 0.467. The molecule has 1 atom stereocenters. The van der Waals surface area contributed by atoms with E-state index in [1.165, 1.54) is 7.11 Å². The zero-order chi connectivity index (χ0) is 15.4. The Bertz CT molecular complexity index is 545. The second-order valence-electron chi connectivity index (χ2n) is 5.31. The van der Waals surface area contributed by atoms with Gasteiger partial charge in [-0.3, -0.25) is 9.59 Å². The van der Waals surface area contributed by atoms with Crippen LogP contribution in [-0.4, -0.2) is 36.9 Å². The summed E-state index contributed by atoms with van der Waals surface area (Å²) >= 11 is 0. The summed E-state index contributed by atoms with van der Waals surface area (Å²) in [5.41, 5.74) is 6.76. The molecule has 3 N–H and O–H groups in total. The number of nitrogens with zero attached hydrogens (tertiary/aromatic N) is 1. The van der Waals surface area contributed by atoms with E-state index in [1.807, 2.05) is 6.92 Å². The maximum atomic E-state index is 12.1. The van der Waals surface area contributed by atoms with Gasteiger partial charge in [0.1, 0.15) is 5.75 Å². The molecule has 1 aliphatic rings. The van der Waals surface area contributed by atoms with Gasteiger partial charge in [0.2, 0.25) is 11.8 Å². The number of anilines is 2. The first-order valence-corrected chi connectivity index (χ1v) is 7.03. The Labute approximate surface area is 124 Å². The molecule has 1 fully saturated rings. The van der Waals surface area contributed by atoms with Crippen molar-refractivity contribution >= 4 is 23.2 Å². The molecule has 0 aliphatic carbocycles. The van der Waals surface area contributed by atoms with Crippen LogP contribution in [0.15, 0.2) is 18.2 Å². The molecule has 0 radical (unpaired) electrons. The number of nitrogen functional groups attached to an aromatic ring is 1. The van der Waals surface area contributed by atoms with Gasteiger partial charge in [0, 0.05) is 18.2 Å². The number of hydrogen-bond acceptors (Lipinski definition) is 4. The lowest BCUT2D eigenvalue weighted by molar-refractivity contribution is -0.140. The van der Waals surface area contributed by atoms with Crippen molar-refractivity contribution in [2.75, 3.05) is 31.2 Å². The van der Waals surface area contributed by atoms with Crippen LogP contribution in [0.2, 0.25) is 0 Å². The third-order valence-electron chi connectivity index (χ3n) is 3.63. The van der Waals surface area contributed by atoms with Crippen LogP contribution in [0.25, 0.3) is 0 Å². The Balaban J connectivity index is 2.02. The molecule has 1 aliphatic heterocycles. The van der Waals surface area contributed by atoms with E-state index >= 15 is 0 Å². The van der Waals surface area contributed by atoms with Crippen LogP contribution in [0.1, 0.15) is 19.8 Å². The molecule has 1 heterocycles. The number of ether oxygens (including phenoxy) is 1. The number of rotatable bonds is 4. The van der Waals surface area contributed by atoms with Crippen LogP contribution >= 0.6 is 0 Å². The molecule has 6 nitrogen and oxygen atoms in total. The first-order chi connectivity index (χ1) is 10.0. The molecular weight excluding hydrogens is 270 g/mol. The molecule has 0 aromatic heterocycles. The minimum atomic E-state index is -0.249. The fourth-order valence-corrected chi connectivity index (χ4v) is 2.48. The summed E-state index contributed by atoms with van der Waals surface area (Å²) in [7, 11) is 1.52. The normalized spacial score (nSPS) is 18.5. The van der Waals surface area contributed by atoms with Crippen molar-refractivity contribution < 1.29 is 14.3 Å². The largest absolute Gasteiger partial charge is 0.495 e. The van der Waals surface area contributed by atoms with Crippen LogP contribution in [0, 0.1) is 5.92 Å². The zero-order valence-electron chi connectivity index (χ0n) is 12.4. The SMILES string of the molecule is COc1ccc(N)cc1NC(=O)CN1CCCC(C)C1=O. The number of nitrogens with two attached hydrogens (primary N) is 1. The lowest BCUT2D eigenvalue weighted by atomic mass is 9.99. The van der Waals surface area contributed by atoms with E-state index in [1.54, 1.807) is 23.1 Å². The van der Waals surface area contributed by atoms with E-state index in [4.69, 9.17) is 10.5 Å². The number of carbonyl (C=O) groups excluding carboxylic acids is 2. The minimum Gasteiger partial charge on any atom is -0.495 e. The molecule has 0 saturated carbocycles. The topological polar surface area (TPSA) is 84.7 Å². The molecule has 0 bridgehead atoms. The van der Waals surface area contributed by atoms with Crippen LogP contribution in [-0.2, 0) is 9.59 Å². The lowest BCUT2D eigenvalue weighted by Gasteiger charge is -2.30. The first kappa shape index (κ1) is 15.2. The van der Waals surface area contributed by atoms with E-state index in [-0.39, 0.29) is 24.3 Å². The van der Waals surface area contributed by atoms with Crippen molar-refractivity contribution in [2.45, 2.75) is 19.8 Å². The Kier molecular flexibility index (Phi) is 4.67. The molecule has 2 rings (SSSR count). The predicted octanol–water partition coefficient (Wildman–Crippen LogP) is 1.47. The Morgan fingerprint density at radius 1 is 1.52 bits per heavy atom. The van der Waals surface area contributed by atoms with Crippen molar-refractivity contribution in [2.24, 2.45) is 5.92 Å². The average Bonchev–Trinajstić information content (AvgIpc) is 2.44. The smallest absolute Gasteiger partial charge is 0.244 e. The van der Waals surface area contributed by atoms with Gasteiger partial charge in [0.15, 0.2) is 0 Å². The van der Waals surface area contributed by atoms with Gasteiger partial charge in [-0.1, -0.05) is 6.92 Å². The second kappa shape index (κ2) is 6.47. The number of benzene rings is 1. The number of nitrogens with one attached hydrogen (secondary N) is 1. The van der Waals surface area contributed by atoms with Crippen LogP contribution < -0.4 is 15.8 Å². The van der Waals surface area contributed by atoms with Gasteiger partial charge < -0.3 is 20.7 Å². The molecule has 1 aromatic carbocycles. The highest BCUT2D eigenvalue weighted by atomic mass is 16.5. The van der Waals surface area contributed by atoms with E-state index in [2.05, 4.69) is 5.32 Å². The highest BCUT2D eigenvalue weighted by Crippen LogP contribution is 2.26. The molecule has 1 unspecified atom stereocenters. The number of carbonyl (C=O) groups is 2. The molecule has 2 amide bonds. The summed E-state index contributed by atoms with van der Waals surface area (Å²) in [5, 5.41) is 2.75. The predicted molar refractivity (Wildman–Crippen MR) is 81.0 cm³/mol. The number of hydrogen-bond donors (Lipinski definition) is 2. The second-order valence-corrected chi connectivity index (χ2v) is 5.31. The first-order valence-electron chi connectivity index (χ1n) is 7.03. The molecule has 6 heteroatoms. The van der Waals surface area contributed by atoms with E-state index in [9.17, 15) is 9.59 Å². The molecular formula is C15H21N3O3. The average molecular weight is 291 g/mol. The van der Waals surface area contributed by atoms with Crippen LogP contribution in [0.3, 0.4) is 0 Å². The molecule has 114 valence electrons. The van der Waals surface area contributed by atoms with Gasteiger partial charge >= 0.3 is 0 Å². The summed E-state index contributed by atoms with van der Waals surface area (Å²) in [4.78, 5) is 25.7. The van der Waals surface area contributed by atoms with Gasteiger partial charge in [0.05, 0.1) is 19.3 Å². The maximum Gasteiger partial charge on any atom is 0.244 e. The standard InChI is InChI=1S/C15H21N3O3/c1-10-4-3-7-18(15(10)20)9-14(19)17-12-8-11(16)5-6-13(12)21-2/h5-6,8,10H,3-4,7,9,16H2,1-2H3,(H,17,19). The lowest BCUT2D eigenvalue weighted by Crippen LogP contribution is -2.44. The van der Waals surface area contributed by atoms with Gasteiger partial charge in [-0.15, -0.1) is 0 Å². The van der Waals surface area contributed by atoms with Crippen molar-refractivity contribution in [3.8, 4) is 5.75 Å². The van der Waals surface area contributed by atoms with Crippen molar-refractivity contribution in [3.05, 3.63) is 18.2 Å². The van der Waals surface area contributed by atoms with Gasteiger partial charge in [0.25, 0.3) is 0 Å². The third kappa shape index (κ3) is 3.65. The van der Waals surface area contributed by atoms with E-state index in [0.717, 1.165) is 12.8 Å². The van der Waals surface area contributed by atoms with Crippen LogP contribution in [0.5, 0.6) is 5.75 Å². The highest BCUT2D eigenvalue weighted by molar-refractivity contribution is 5.96. The Hall–Kier alpha value is -2.24. The summed E-state index contributed by atoms with van der Waals surface area (Å²) < 4.78 is 5.18. The highest BCUT2D eigenvalue weighted by Gasteiger charge is 2.26. The third-order valence-corrected chi connectivity index (χ3v) is 3.63. The minimum absolute atomic E-state index is 0.00606. The monoisotopic (exact) mass is 291 g/mol. The summed E-state index contributed by atoms with van der Waals surface area (Å²) in [6.45, 7) is 2.58. The zero-order valence-corrected chi connectivity index (χ0v) is 12.4. The van der Waals surface area contributed by atoms with Gasteiger partial charge in [-0.05, 0) is 31.0 Å². The van der Waals surface area contributed by atoms with Gasteiger partial charge in [-0.25, -0.2) is 0 Å². The molecule has 1 aromatic rings. The number of methoxy groups -OCH3 is 1. The number of amides is 2. The van der Waals surface area contributed by atoms with E-state index < -0.39 is 0 Å². The Morgan fingerprint density at radius 2 is 2.29 bits per heavy atom. The van der Waals surface area contributed by atoms with Crippen molar-refractivity contribution in [3.63, 3.8) is 0 Å². The molecule has 1 saturated heterocycles. The fourth-order valence-electron chi connectivity index (χ4n) is 2.48. The summed E-state index contributed by atoms with van der Waals surface area (Å²) in [6.07, 6.45) is 1.82. The number of piperidine rings is 1. The molecule has 0 spiro atoms. The van der Waals surface area contributed by atoms with Gasteiger partial charge in [-0.2, -0.15) is 0 Å². The van der Waals surface area contributed by atoms with Crippen molar-refractivity contribution in [1.82, 2.24) is 4.90 Å². The van der Waals surface area contributed by atoms with E-state index in [0.29, 0.717) is 23.7 Å².